The van der Waals surface area contributed by atoms with E-state index < -0.39 is 0 Å². The van der Waals surface area contributed by atoms with Crippen molar-refractivity contribution in [2.45, 2.75) is 32.4 Å². The van der Waals surface area contributed by atoms with E-state index in [0.29, 0.717) is 6.54 Å². The van der Waals surface area contributed by atoms with Crippen LogP contribution in [-0.2, 0) is 11.3 Å². The minimum atomic E-state index is 0.245. The van der Waals surface area contributed by atoms with E-state index >= 15 is 0 Å². The molecule has 1 fully saturated rings. The smallest absolute Gasteiger partial charge is 0.140 e. The first-order valence-electron chi connectivity index (χ1n) is 8.40. The van der Waals surface area contributed by atoms with E-state index in [2.05, 4.69) is 33.9 Å². The van der Waals surface area contributed by atoms with E-state index in [1.807, 2.05) is 18.2 Å². The average molecular weight is 323 g/mol. The van der Waals surface area contributed by atoms with Gasteiger partial charge in [-0.3, -0.25) is 0 Å². The molecular formula is C19H21N3O2. The highest BCUT2D eigenvalue weighted by Gasteiger charge is 2.22. The molecule has 0 spiro atoms. The van der Waals surface area contributed by atoms with Crippen molar-refractivity contribution in [3.63, 3.8) is 0 Å². The number of hydrogen-bond donors (Lipinski definition) is 0. The third-order valence-corrected chi connectivity index (χ3v) is 4.44. The molecule has 124 valence electrons. The molecule has 2 aromatic heterocycles. The first kappa shape index (κ1) is 15.1. The highest BCUT2D eigenvalue weighted by molar-refractivity contribution is 5.89. The Balaban J connectivity index is 1.72. The number of ether oxygens (including phenoxy) is 1. The van der Waals surface area contributed by atoms with Crippen LogP contribution in [-0.4, -0.2) is 29.2 Å². The molecule has 1 aliphatic rings. The second kappa shape index (κ2) is 6.61. The normalized spacial score (nSPS) is 17.5. The predicted octanol–water partition coefficient (Wildman–Crippen LogP) is 3.72. The third-order valence-electron chi connectivity index (χ3n) is 4.44. The van der Waals surface area contributed by atoms with Crippen LogP contribution in [0.2, 0.25) is 0 Å². The maximum absolute atomic E-state index is 5.84. The number of nitrogens with zero attached hydrogens (tertiary/aromatic N) is 3. The summed E-state index contributed by atoms with van der Waals surface area (Å²) in [6.45, 7) is 4.42. The summed E-state index contributed by atoms with van der Waals surface area (Å²) in [7, 11) is 0. The molecule has 4 rings (SSSR count). The Kier molecular flexibility index (Phi) is 4.17. The van der Waals surface area contributed by atoms with Crippen LogP contribution < -0.4 is 4.90 Å². The molecule has 0 amide bonds. The van der Waals surface area contributed by atoms with E-state index in [9.17, 15) is 0 Å². The van der Waals surface area contributed by atoms with Gasteiger partial charge in [0, 0.05) is 18.5 Å². The first-order valence-corrected chi connectivity index (χ1v) is 8.40. The summed E-state index contributed by atoms with van der Waals surface area (Å²) >= 11 is 0. The first-order chi connectivity index (χ1) is 11.8. The Morgan fingerprint density at radius 1 is 1.25 bits per heavy atom. The highest BCUT2D eigenvalue weighted by atomic mass is 16.5. The Hall–Kier alpha value is -2.40. The monoisotopic (exact) mass is 323 g/mol. The summed E-state index contributed by atoms with van der Waals surface area (Å²) in [5.41, 5.74) is 2.16. The largest absolute Gasteiger partial charge is 0.467 e. The Morgan fingerprint density at radius 2 is 2.21 bits per heavy atom. The lowest BCUT2D eigenvalue weighted by Crippen LogP contribution is -2.32. The van der Waals surface area contributed by atoms with Crippen LogP contribution in [0.3, 0.4) is 0 Å². The average Bonchev–Trinajstić information content (AvgIpc) is 3.27. The molecule has 0 bridgehead atoms. The number of fused-ring (bicyclic) bond motifs is 1. The van der Waals surface area contributed by atoms with Gasteiger partial charge in [-0.25, -0.2) is 9.97 Å². The zero-order valence-corrected chi connectivity index (χ0v) is 13.8. The SMILES string of the molecule is Cc1ccc2ncnc(N(Cc3ccco3)CC3CCCO3)c2c1. The van der Waals surface area contributed by atoms with Gasteiger partial charge in [0.15, 0.2) is 0 Å². The summed E-state index contributed by atoms with van der Waals surface area (Å²) in [5.74, 6) is 1.86. The van der Waals surface area contributed by atoms with Crippen molar-refractivity contribution in [3.8, 4) is 0 Å². The summed E-state index contributed by atoms with van der Waals surface area (Å²) in [6, 6.07) is 10.2. The van der Waals surface area contributed by atoms with Gasteiger partial charge in [0.05, 0.1) is 24.4 Å². The standard InChI is InChI=1S/C19H21N3O2/c1-14-6-7-18-17(10-14)19(21-13-20-18)22(11-15-4-2-8-23-15)12-16-5-3-9-24-16/h2,4,6-8,10,13,16H,3,5,9,11-12H2,1H3. The highest BCUT2D eigenvalue weighted by Crippen LogP contribution is 2.27. The van der Waals surface area contributed by atoms with Gasteiger partial charge in [0.25, 0.3) is 0 Å². The molecule has 0 saturated carbocycles. The molecule has 0 aliphatic carbocycles. The van der Waals surface area contributed by atoms with Crippen LogP contribution in [0.5, 0.6) is 0 Å². The summed E-state index contributed by atoms with van der Waals surface area (Å²) < 4.78 is 11.4. The molecule has 1 unspecified atom stereocenters. The summed E-state index contributed by atoms with van der Waals surface area (Å²) in [4.78, 5) is 11.2. The molecule has 1 aliphatic heterocycles. The minimum absolute atomic E-state index is 0.245. The van der Waals surface area contributed by atoms with Crippen molar-refractivity contribution in [3.05, 3.63) is 54.2 Å². The van der Waals surface area contributed by atoms with Crippen LogP contribution in [0.25, 0.3) is 10.9 Å². The number of aromatic nitrogens is 2. The van der Waals surface area contributed by atoms with E-state index in [0.717, 1.165) is 48.5 Å². The van der Waals surface area contributed by atoms with Crippen LogP contribution in [0.4, 0.5) is 5.82 Å². The van der Waals surface area contributed by atoms with E-state index in [1.54, 1.807) is 12.6 Å². The summed E-state index contributed by atoms with van der Waals surface area (Å²) in [5, 5.41) is 1.07. The maximum Gasteiger partial charge on any atom is 0.140 e. The summed E-state index contributed by atoms with van der Waals surface area (Å²) in [6.07, 6.45) is 5.81. The quantitative estimate of drug-likeness (QED) is 0.716. The van der Waals surface area contributed by atoms with Crippen LogP contribution >= 0.6 is 0 Å². The molecule has 0 radical (unpaired) electrons. The van der Waals surface area contributed by atoms with Crippen LogP contribution in [0.1, 0.15) is 24.2 Å². The Morgan fingerprint density at radius 3 is 3.00 bits per heavy atom. The van der Waals surface area contributed by atoms with Gasteiger partial charge in [0.2, 0.25) is 0 Å². The van der Waals surface area contributed by atoms with Gasteiger partial charge in [-0.05, 0) is 44.0 Å². The molecule has 1 aromatic carbocycles. The molecule has 24 heavy (non-hydrogen) atoms. The number of benzene rings is 1. The van der Waals surface area contributed by atoms with Crippen LogP contribution in [0.15, 0.2) is 47.3 Å². The predicted molar refractivity (Wildman–Crippen MR) is 93.0 cm³/mol. The van der Waals surface area contributed by atoms with Crippen molar-refractivity contribution in [1.29, 1.82) is 0 Å². The molecular weight excluding hydrogens is 302 g/mol. The number of hydrogen-bond acceptors (Lipinski definition) is 5. The minimum Gasteiger partial charge on any atom is -0.467 e. The van der Waals surface area contributed by atoms with Gasteiger partial charge in [0.1, 0.15) is 17.9 Å². The third kappa shape index (κ3) is 3.12. The molecule has 1 saturated heterocycles. The van der Waals surface area contributed by atoms with Crippen LogP contribution in [0, 0.1) is 6.92 Å². The number of furan rings is 1. The molecule has 3 heterocycles. The lowest BCUT2D eigenvalue weighted by atomic mass is 10.1. The van der Waals surface area contributed by atoms with E-state index in [-0.39, 0.29) is 6.10 Å². The zero-order valence-electron chi connectivity index (χ0n) is 13.8. The second-order valence-corrected chi connectivity index (χ2v) is 6.31. The van der Waals surface area contributed by atoms with Crippen molar-refractivity contribution >= 4 is 16.7 Å². The number of aryl methyl sites for hydroxylation is 1. The van der Waals surface area contributed by atoms with Crippen molar-refractivity contribution in [2.75, 3.05) is 18.1 Å². The topological polar surface area (TPSA) is 51.4 Å². The van der Waals surface area contributed by atoms with Gasteiger partial charge in [-0.1, -0.05) is 11.6 Å². The zero-order chi connectivity index (χ0) is 16.4. The molecule has 1 atom stereocenters. The Bertz CT molecular complexity index is 811. The fraction of sp³-hybridized carbons (Fsp3) is 0.368. The van der Waals surface area contributed by atoms with Gasteiger partial charge in [-0.15, -0.1) is 0 Å². The number of rotatable bonds is 5. The molecule has 5 nitrogen and oxygen atoms in total. The van der Waals surface area contributed by atoms with Gasteiger partial charge < -0.3 is 14.1 Å². The van der Waals surface area contributed by atoms with Gasteiger partial charge in [-0.2, -0.15) is 0 Å². The molecule has 0 N–H and O–H groups in total. The fourth-order valence-electron chi connectivity index (χ4n) is 3.26. The maximum atomic E-state index is 5.84. The van der Waals surface area contributed by atoms with Crippen molar-refractivity contribution in [2.24, 2.45) is 0 Å². The van der Waals surface area contributed by atoms with Crippen molar-refractivity contribution < 1.29 is 9.15 Å². The lowest BCUT2D eigenvalue weighted by Gasteiger charge is -2.26. The van der Waals surface area contributed by atoms with Gasteiger partial charge >= 0.3 is 0 Å². The Labute approximate surface area is 141 Å². The fourth-order valence-corrected chi connectivity index (χ4v) is 3.26. The van der Waals surface area contributed by atoms with E-state index in [1.165, 1.54) is 5.56 Å². The second-order valence-electron chi connectivity index (χ2n) is 6.31. The molecule has 3 aromatic rings. The van der Waals surface area contributed by atoms with Crippen molar-refractivity contribution in [1.82, 2.24) is 9.97 Å². The molecule has 5 heteroatoms. The number of anilines is 1. The lowest BCUT2D eigenvalue weighted by molar-refractivity contribution is 0.115. The van der Waals surface area contributed by atoms with E-state index in [4.69, 9.17) is 9.15 Å².